The van der Waals surface area contributed by atoms with Gasteiger partial charge in [-0.1, -0.05) is 24.3 Å². The van der Waals surface area contributed by atoms with Crippen LogP contribution >= 0.6 is 0 Å². The Balaban J connectivity index is 1.52. The summed E-state index contributed by atoms with van der Waals surface area (Å²) in [7, 11) is -2.63. The van der Waals surface area contributed by atoms with Crippen molar-refractivity contribution < 1.29 is 22.3 Å². The minimum atomic E-state index is -3.98. The van der Waals surface area contributed by atoms with Crippen molar-refractivity contribution in [1.82, 2.24) is 9.21 Å². The van der Waals surface area contributed by atoms with Gasteiger partial charge < -0.3 is 9.64 Å². The van der Waals surface area contributed by atoms with Gasteiger partial charge in [0.25, 0.3) is 0 Å². The average Bonchev–Trinajstić information content (AvgIpc) is 2.78. The van der Waals surface area contributed by atoms with Gasteiger partial charge in [0.15, 0.2) is 0 Å². The van der Waals surface area contributed by atoms with Gasteiger partial charge in [-0.15, -0.1) is 0 Å². The zero-order valence-electron chi connectivity index (χ0n) is 16.9. The number of carbonyl (C=O) groups excluding carboxylic acids is 1. The third-order valence-corrected chi connectivity index (χ3v) is 7.81. The lowest BCUT2D eigenvalue weighted by Gasteiger charge is -2.36. The van der Waals surface area contributed by atoms with E-state index in [1.54, 1.807) is 0 Å². The second-order valence-electron chi connectivity index (χ2n) is 7.78. The van der Waals surface area contributed by atoms with Gasteiger partial charge in [-0.05, 0) is 48.6 Å². The Bertz CT molecular complexity index is 1060. The van der Waals surface area contributed by atoms with Crippen LogP contribution in [0.3, 0.4) is 0 Å². The SMILES string of the molecule is COc1ccc(F)cc1S(=O)(=O)N1CCC[C@H](C(=O)N2CCc3ccccc3C2)C1. The highest BCUT2D eigenvalue weighted by Gasteiger charge is 2.37. The molecule has 2 aliphatic rings. The van der Waals surface area contributed by atoms with Crippen LogP contribution in [0.5, 0.6) is 5.75 Å². The van der Waals surface area contributed by atoms with Crippen LogP contribution in [-0.4, -0.2) is 50.3 Å². The molecule has 8 heteroatoms. The fourth-order valence-electron chi connectivity index (χ4n) is 4.30. The smallest absolute Gasteiger partial charge is 0.246 e. The van der Waals surface area contributed by atoms with E-state index < -0.39 is 21.8 Å². The Morgan fingerprint density at radius 2 is 1.90 bits per heavy atom. The van der Waals surface area contributed by atoms with Crippen LogP contribution in [0.15, 0.2) is 47.4 Å². The molecule has 4 rings (SSSR count). The minimum absolute atomic E-state index is 0.0180. The number of benzene rings is 2. The van der Waals surface area contributed by atoms with E-state index in [4.69, 9.17) is 4.74 Å². The number of methoxy groups -OCH3 is 1. The van der Waals surface area contributed by atoms with Crippen molar-refractivity contribution in [2.24, 2.45) is 5.92 Å². The molecule has 0 aliphatic carbocycles. The van der Waals surface area contributed by atoms with Crippen LogP contribution in [0.25, 0.3) is 0 Å². The van der Waals surface area contributed by atoms with Gasteiger partial charge in [0.05, 0.1) is 13.0 Å². The molecule has 1 saturated heterocycles. The molecule has 0 aromatic heterocycles. The van der Waals surface area contributed by atoms with Gasteiger partial charge in [-0.25, -0.2) is 12.8 Å². The molecule has 2 aromatic carbocycles. The Labute approximate surface area is 176 Å². The standard InChI is InChI=1S/C22H25FN2O4S/c1-29-20-9-8-19(23)13-21(20)30(27,28)25-11-4-7-18(15-25)22(26)24-12-10-16-5-2-3-6-17(16)14-24/h2-3,5-6,8-9,13,18H,4,7,10-12,14-15H2,1H3/t18-/m0/s1. The van der Waals surface area contributed by atoms with Gasteiger partial charge in [0.2, 0.25) is 15.9 Å². The van der Waals surface area contributed by atoms with Crippen molar-refractivity contribution in [3.63, 3.8) is 0 Å². The first-order chi connectivity index (χ1) is 14.4. The highest BCUT2D eigenvalue weighted by atomic mass is 32.2. The molecular weight excluding hydrogens is 407 g/mol. The van der Waals surface area contributed by atoms with E-state index in [1.165, 1.54) is 23.0 Å². The van der Waals surface area contributed by atoms with Crippen LogP contribution in [0.1, 0.15) is 24.0 Å². The molecule has 0 unspecified atom stereocenters. The lowest BCUT2D eigenvalue weighted by Crippen LogP contribution is -2.47. The van der Waals surface area contributed by atoms with Crippen LogP contribution in [0.2, 0.25) is 0 Å². The molecule has 1 amide bonds. The topological polar surface area (TPSA) is 66.9 Å². The van der Waals surface area contributed by atoms with E-state index in [2.05, 4.69) is 6.07 Å². The van der Waals surface area contributed by atoms with Crippen molar-refractivity contribution in [3.05, 3.63) is 59.4 Å². The maximum Gasteiger partial charge on any atom is 0.246 e. The molecule has 2 aromatic rings. The summed E-state index contributed by atoms with van der Waals surface area (Å²) in [5, 5.41) is 0. The Hall–Kier alpha value is -2.45. The van der Waals surface area contributed by atoms with Gasteiger partial charge in [-0.2, -0.15) is 4.31 Å². The number of rotatable bonds is 4. The zero-order chi connectivity index (χ0) is 21.3. The van der Waals surface area contributed by atoms with Gasteiger partial charge in [0, 0.05) is 26.2 Å². The number of ether oxygens (including phenoxy) is 1. The number of carbonyl (C=O) groups is 1. The van der Waals surface area contributed by atoms with Crippen LogP contribution in [0, 0.1) is 11.7 Å². The third kappa shape index (κ3) is 3.94. The summed E-state index contributed by atoms with van der Waals surface area (Å²) in [4.78, 5) is 14.8. The van der Waals surface area contributed by atoms with E-state index in [0.717, 1.165) is 24.1 Å². The van der Waals surface area contributed by atoms with E-state index in [9.17, 15) is 17.6 Å². The Kier molecular flexibility index (Phi) is 5.79. The molecular formula is C22H25FN2O4S. The molecule has 160 valence electrons. The summed E-state index contributed by atoms with van der Waals surface area (Å²) < 4.78 is 46.5. The third-order valence-electron chi connectivity index (χ3n) is 5.92. The van der Waals surface area contributed by atoms with E-state index >= 15 is 0 Å². The largest absolute Gasteiger partial charge is 0.495 e. The zero-order valence-corrected chi connectivity index (χ0v) is 17.7. The minimum Gasteiger partial charge on any atom is -0.495 e. The first-order valence-electron chi connectivity index (χ1n) is 10.1. The lowest BCUT2D eigenvalue weighted by atomic mass is 9.95. The molecule has 2 aliphatic heterocycles. The normalized spacial score (nSPS) is 19.9. The molecule has 30 heavy (non-hydrogen) atoms. The van der Waals surface area contributed by atoms with Crippen molar-refractivity contribution in [2.75, 3.05) is 26.7 Å². The van der Waals surface area contributed by atoms with Crippen molar-refractivity contribution in [2.45, 2.75) is 30.7 Å². The maximum absolute atomic E-state index is 13.8. The maximum atomic E-state index is 13.8. The molecule has 1 fully saturated rings. The number of piperidine rings is 1. The van der Waals surface area contributed by atoms with Crippen LogP contribution in [-0.2, 0) is 27.8 Å². The summed E-state index contributed by atoms with van der Waals surface area (Å²) in [6.07, 6.45) is 2.03. The fraction of sp³-hybridized carbons (Fsp3) is 0.409. The monoisotopic (exact) mass is 432 g/mol. The number of hydrogen-bond acceptors (Lipinski definition) is 4. The first-order valence-corrected chi connectivity index (χ1v) is 11.5. The summed E-state index contributed by atoms with van der Waals surface area (Å²) in [5.74, 6) is -0.975. The van der Waals surface area contributed by atoms with E-state index in [-0.39, 0.29) is 23.1 Å². The summed E-state index contributed by atoms with van der Waals surface area (Å²) in [6.45, 7) is 1.58. The molecule has 1 atom stereocenters. The van der Waals surface area contributed by atoms with Gasteiger partial charge in [-0.3, -0.25) is 4.79 Å². The van der Waals surface area contributed by atoms with Crippen LogP contribution < -0.4 is 4.74 Å². The first kappa shape index (κ1) is 20.8. The predicted octanol–water partition coefficient (Wildman–Crippen LogP) is 2.82. The molecule has 6 nitrogen and oxygen atoms in total. The molecule has 0 N–H and O–H groups in total. The van der Waals surface area contributed by atoms with Gasteiger partial charge in [0.1, 0.15) is 16.5 Å². The number of hydrogen-bond donors (Lipinski definition) is 0. The quantitative estimate of drug-likeness (QED) is 0.745. The summed E-state index contributed by atoms with van der Waals surface area (Å²) >= 11 is 0. The second-order valence-corrected chi connectivity index (χ2v) is 9.68. The van der Waals surface area contributed by atoms with Crippen molar-refractivity contribution in [1.29, 1.82) is 0 Å². The lowest BCUT2D eigenvalue weighted by molar-refractivity contribution is -0.137. The average molecular weight is 433 g/mol. The highest BCUT2D eigenvalue weighted by molar-refractivity contribution is 7.89. The van der Waals surface area contributed by atoms with Gasteiger partial charge >= 0.3 is 0 Å². The van der Waals surface area contributed by atoms with Crippen molar-refractivity contribution in [3.8, 4) is 5.75 Å². The highest BCUT2D eigenvalue weighted by Crippen LogP contribution is 2.31. The number of nitrogens with zero attached hydrogens (tertiary/aromatic N) is 2. The summed E-state index contributed by atoms with van der Waals surface area (Å²) in [5.41, 5.74) is 2.40. The molecule has 0 radical (unpaired) electrons. The predicted molar refractivity (Wildman–Crippen MR) is 110 cm³/mol. The second kappa shape index (κ2) is 8.35. The molecule has 2 heterocycles. The number of halogens is 1. The molecule has 0 bridgehead atoms. The van der Waals surface area contributed by atoms with E-state index in [0.29, 0.717) is 32.5 Å². The number of fused-ring (bicyclic) bond motifs is 1. The van der Waals surface area contributed by atoms with Crippen molar-refractivity contribution >= 4 is 15.9 Å². The Morgan fingerprint density at radius 3 is 2.67 bits per heavy atom. The fourth-order valence-corrected chi connectivity index (χ4v) is 5.99. The van der Waals surface area contributed by atoms with E-state index in [1.807, 2.05) is 23.1 Å². The number of amides is 1. The number of sulfonamides is 1. The summed E-state index contributed by atoms with van der Waals surface area (Å²) in [6, 6.07) is 11.5. The molecule has 0 saturated carbocycles. The van der Waals surface area contributed by atoms with Crippen LogP contribution in [0.4, 0.5) is 4.39 Å². The Morgan fingerprint density at radius 1 is 1.13 bits per heavy atom. The molecule has 0 spiro atoms.